The molecule has 0 amide bonds. The maximum atomic E-state index is 12.7. The summed E-state index contributed by atoms with van der Waals surface area (Å²) in [6, 6.07) is 20.7. The van der Waals surface area contributed by atoms with Gasteiger partial charge in [-0.2, -0.15) is 0 Å². The van der Waals surface area contributed by atoms with E-state index in [2.05, 4.69) is 50.2 Å². The molecule has 2 nitrogen and oxygen atoms in total. The van der Waals surface area contributed by atoms with Gasteiger partial charge in [-0.05, 0) is 56.1 Å². The van der Waals surface area contributed by atoms with Gasteiger partial charge in [0.05, 0.1) is 12.0 Å². The first-order valence-electron chi connectivity index (χ1n) is 9.83. The predicted molar refractivity (Wildman–Crippen MR) is 108 cm³/mol. The summed E-state index contributed by atoms with van der Waals surface area (Å²) in [7, 11) is 0. The summed E-state index contributed by atoms with van der Waals surface area (Å²) in [5.74, 6) is 0.369. The fourth-order valence-electron chi connectivity index (χ4n) is 3.32. The van der Waals surface area contributed by atoms with Crippen LogP contribution in [0.5, 0.6) is 0 Å². The van der Waals surface area contributed by atoms with E-state index in [1.807, 2.05) is 31.2 Å². The van der Waals surface area contributed by atoms with Gasteiger partial charge in [0.2, 0.25) is 0 Å². The zero-order valence-corrected chi connectivity index (χ0v) is 16.4. The average Bonchev–Trinajstić information content (AvgIpc) is 2.62. The molecule has 0 heterocycles. The molecule has 0 bridgehead atoms. The van der Waals surface area contributed by atoms with Crippen molar-refractivity contribution < 1.29 is 9.53 Å². The molecule has 26 heavy (non-hydrogen) atoms. The SMILES string of the molecule is CC(C)CC(Cc1ccccc1)C(=O)OC(C)CCCc1ccccc1. The van der Waals surface area contributed by atoms with Gasteiger partial charge in [-0.3, -0.25) is 4.79 Å². The molecule has 2 heteroatoms. The van der Waals surface area contributed by atoms with Crippen molar-refractivity contribution in [2.24, 2.45) is 11.8 Å². The fourth-order valence-corrected chi connectivity index (χ4v) is 3.32. The summed E-state index contributed by atoms with van der Waals surface area (Å²) in [5, 5.41) is 0. The number of esters is 1. The lowest BCUT2D eigenvalue weighted by molar-refractivity contribution is -0.154. The van der Waals surface area contributed by atoms with Gasteiger partial charge in [-0.1, -0.05) is 74.5 Å². The first-order chi connectivity index (χ1) is 12.5. The molecule has 0 radical (unpaired) electrons. The molecule has 0 aliphatic rings. The Balaban J connectivity index is 1.82. The maximum absolute atomic E-state index is 12.7. The zero-order chi connectivity index (χ0) is 18.8. The van der Waals surface area contributed by atoms with E-state index >= 15 is 0 Å². The third-order valence-corrected chi connectivity index (χ3v) is 4.65. The fraction of sp³-hybridized carbons (Fsp3) is 0.458. The minimum absolute atomic E-state index is 0.0309. The largest absolute Gasteiger partial charge is 0.462 e. The number of benzene rings is 2. The molecular formula is C24H32O2. The average molecular weight is 353 g/mol. The van der Waals surface area contributed by atoms with E-state index < -0.39 is 0 Å². The summed E-state index contributed by atoms with van der Waals surface area (Å²) in [6.45, 7) is 6.33. The number of hydrogen-bond donors (Lipinski definition) is 0. The molecule has 0 spiro atoms. The molecule has 0 saturated carbocycles. The van der Waals surface area contributed by atoms with Crippen LogP contribution in [-0.4, -0.2) is 12.1 Å². The van der Waals surface area contributed by atoms with Crippen LogP contribution >= 0.6 is 0 Å². The lowest BCUT2D eigenvalue weighted by Crippen LogP contribution is -2.25. The highest BCUT2D eigenvalue weighted by molar-refractivity contribution is 5.73. The molecule has 2 atom stereocenters. The molecule has 0 aliphatic carbocycles. The lowest BCUT2D eigenvalue weighted by atomic mass is 9.91. The van der Waals surface area contributed by atoms with Gasteiger partial charge in [-0.25, -0.2) is 0 Å². The maximum Gasteiger partial charge on any atom is 0.309 e. The highest BCUT2D eigenvalue weighted by atomic mass is 16.5. The Morgan fingerprint density at radius 1 is 0.885 bits per heavy atom. The van der Waals surface area contributed by atoms with Gasteiger partial charge in [0.25, 0.3) is 0 Å². The number of hydrogen-bond acceptors (Lipinski definition) is 2. The Morgan fingerprint density at radius 3 is 2.04 bits per heavy atom. The van der Waals surface area contributed by atoms with Crippen LogP contribution in [0.15, 0.2) is 60.7 Å². The predicted octanol–water partition coefficient (Wildman–Crippen LogP) is 5.85. The van der Waals surface area contributed by atoms with Crippen molar-refractivity contribution in [2.75, 3.05) is 0 Å². The van der Waals surface area contributed by atoms with E-state index in [0.29, 0.717) is 5.92 Å². The van der Waals surface area contributed by atoms with Crippen LogP contribution < -0.4 is 0 Å². The minimum atomic E-state index is -0.0611. The zero-order valence-electron chi connectivity index (χ0n) is 16.4. The highest BCUT2D eigenvalue weighted by Crippen LogP contribution is 2.20. The Kier molecular flexibility index (Phi) is 8.40. The molecule has 2 aromatic rings. The Labute approximate surface area is 158 Å². The molecule has 0 N–H and O–H groups in total. The van der Waals surface area contributed by atoms with Gasteiger partial charge in [-0.15, -0.1) is 0 Å². The lowest BCUT2D eigenvalue weighted by Gasteiger charge is -2.21. The second-order valence-electron chi connectivity index (χ2n) is 7.64. The second-order valence-corrected chi connectivity index (χ2v) is 7.64. The van der Waals surface area contributed by atoms with E-state index in [1.165, 1.54) is 11.1 Å². The molecule has 0 aromatic heterocycles. The van der Waals surface area contributed by atoms with E-state index in [4.69, 9.17) is 4.74 Å². The monoisotopic (exact) mass is 352 g/mol. The first kappa shape index (κ1) is 20.2. The molecule has 2 aromatic carbocycles. The molecule has 0 fully saturated rings. The van der Waals surface area contributed by atoms with Crippen molar-refractivity contribution in [3.63, 3.8) is 0 Å². The number of rotatable bonds is 10. The number of aryl methyl sites for hydroxylation is 1. The Bertz CT molecular complexity index is 634. The number of carbonyl (C=O) groups is 1. The van der Waals surface area contributed by atoms with Gasteiger partial charge in [0, 0.05) is 0 Å². The van der Waals surface area contributed by atoms with Crippen LogP contribution in [0.1, 0.15) is 51.2 Å². The van der Waals surface area contributed by atoms with Crippen LogP contribution in [0.4, 0.5) is 0 Å². The standard InChI is InChI=1S/C24H32O2/c1-19(2)17-23(18-22-14-8-5-9-15-22)24(25)26-20(3)11-10-16-21-12-6-4-7-13-21/h4-9,12-15,19-20,23H,10-11,16-18H2,1-3H3. The minimum Gasteiger partial charge on any atom is -0.462 e. The summed E-state index contributed by atoms with van der Waals surface area (Å²) < 4.78 is 5.78. The van der Waals surface area contributed by atoms with Crippen molar-refractivity contribution >= 4 is 5.97 Å². The summed E-state index contributed by atoms with van der Waals surface area (Å²) >= 11 is 0. The van der Waals surface area contributed by atoms with Crippen molar-refractivity contribution in [3.8, 4) is 0 Å². The second kappa shape index (κ2) is 10.8. The molecule has 2 unspecified atom stereocenters. The first-order valence-corrected chi connectivity index (χ1v) is 9.83. The number of ether oxygens (including phenoxy) is 1. The van der Waals surface area contributed by atoms with Crippen LogP contribution in [0, 0.1) is 11.8 Å². The smallest absolute Gasteiger partial charge is 0.309 e. The van der Waals surface area contributed by atoms with Crippen molar-refractivity contribution in [1.29, 1.82) is 0 Å². The molecule has 2 rings (SSSR count). The highest BCUT2D eigenvalue weighted by Gasteiger charge is 2.23. The van der Waals surface area contributed by atoms with Crippen LogP contribution in [-0.2, 0) is 22.4 Å². The van der Waals surface area contributed by atoms with Crippen LogP contribution in [0.3, 0.4) is 0 Å². The van der Waals surface area contributed by atoms with Gasteiger partial charge in [0.15, 0.2) is 0 Å². The molecule has 140 valence electrons. The van der Waals surface area contributed by atoms with Gasteiger partial charge < -0.3 is 4.74 Å². The van der Waals surface area contributed by atoms with E-state index in [0.717, 1.165) is 32.1 Å². The molecular weight excluding hydrogens is 320 g/mol. The van der Waals surface area contributed by atoms with E-state index in [-0.39, 0.29) is 18.0 Å². The molecule has 0 aliphatic heterocycles. The normalized spacial score (nSPS) is 13.4. The third-order valence-electron chi connectivity index (χ3n) is 4.65. The Hall–Kier alpha value is -2.09. The van der Waals surface area contributed by atoms with Gasteiger partial charge in [0.1, 0.15) is 0 Å². The summed E-state index contributed by atoms with van der Waals surface area (Å²) in [4.78, 5) is 12.7. The van der Waals surface area contributed by atoms with E-state index in [9.17, 15) is 4.79 Å². The van der Waals surface area contributed by atoms with Gasteiger partial charge >= 0.3 is 5.97 Å². The third kappa shape index (κ3) is 7.43. The van der Waals surface area contributed by atoms with E-state index in [1.54, 1.807) is 0 Å². The van der Waals surface area contributed by atoms with Crippen molar-refractivity contribution in [3.05, 3.63) is 71.8 Å². The molecule has 0 saturated heterocycles. The summed E-state index contributed by atoms with van der Waals surface area (Å²) in [6.07, 6.45) is 4.56. The van der Waals surface area contributed by atoms with Crippen LogP contribution in [0.2, 0.25) is 0 Å². The summed E-state index contributed by atoms with van der Waals surface area (Å²) in [5.41, 5.74) is 2.54. The quantitative estimate of drug-likeness (QED) is 0.502. The number of carbonyl (C=O) groups excluding carboxylic acids is 1. The van der Waals surface area contributed by atoms with Crippen molar-refractivity contribution in [1.82, 2.24) is 0 Å². The topological polar surface area (TPSA) is 26.3 Å². The van der Waals surface area contributed by atoms with Crippen LogP contribution in [0.25, 0.3) is 0 Å². The van der Waals surface area contributed by atoms with Crippen molar-refractivity contribution in [2.45, 2.75) is 59.0 Å². The Morgan fingerprint density at radius 2 is 1.46 bits per heavy atom.